The third-order valence-electron chi connectivity index (χ3n) is 3.12. The number of hydrogen-bond acceptors (Lipinski definition) is 2. The summed E-state index contributed by atoms with van der Waals surface area (Å²) in [6.45, 7) is 2.08. The summed E-state index contributed by atoms with van der Waals surface area (Å²) in [5.74, 6) is -1.65. The van der Waals surface area contributed by atoms with Gasteiger partial charge in [-0.2, -0.15) is 13.2 Å². The Labute approximate surface area is 107 Å². The zero-order valence-electron chi connectivity index (χ0n) is 9.96. The summed E-state index contributed by atoms with van der Waals surface area (Å²) >= 11 is 1.33. The summed E-state index contributed by atoms with van der Waals surface area (Å²) in [5.41, 5.74) is 0. The van der Waals surface area contributed by atoms with Crippen LogP contribution < -0.4 is 0 Å². The average molecular weight is 277 g/mol. The van der Waals surface area contributed by atoms with E-state index in [4.69, 9.17) is 0 Å². The van der Waals surface area contributed by atoms with Gasteiger partial charge in [-0.25, -0.2) is 0 Å². The van der Waals surface area contributed by atoms with Crippen molar-refractivity contribution in [1.82, 2.24) is 4.90 Å². The minimum atomic E-state index is -4.20. The Balaban J connectivity index is 2.07. The van der Waals surface area contributed by atoms with Crippen molar-refractivity contribution < 1.29 is 18.0 Å². The van der Waals surface area contributed by atoms with Gasteiger partial charge in [0.25, 0.3) is 5.91 Å². The predicted molar refractivity (Wildman–Crippen MR) is 63.7 cm³/mol. The van der Waals surface area contributed by atoms with Crippen molar-refractivity contribution >= 4 is 17.2 Å². The predicted octanol–water partition coefficient (Wildman–Crippen LogP) is 3.47. The fourth-order valence-corrected chi connectivity index (χ4v) is 2.97. The number of thiophene rings is 1. The Bertz CT molecular complexity index is 441. The number of halogens is 3. The first kappa shape index (κ1) is 13.4. The van der Waals surface area contributed by atoms with Gasteiger partial charge in [0.15, 0.2) is 0 Å². The summed E-state index contributed by atoms with van der Waals surface area (Å²) < 4.78 is 37.9. The Kier molecular flexibility index (Phi) is 3.66. The number of alkyl halides is 3. The number of aryl methyl sites for hydroxylation is 1. The van der Waals surface area contributed by atoms with Crippen molar-refractivity contribution in [2.75, 3.05) is 13.1 Å². The molecule has 1 fully saturated rings. The summed E-state index contributed by atoms with van der Waals surface area (Å²) in [7, 11) is 0. The van der Waals surface area contributed by atoms with Crippen LogP contribution in [0.1, 0.15) is 27.4 Å². The molecule has 0 unspecified atom stereocenters. The topological polar surface area (TPSA) is 20.3 Å². The molecule has 0 spiro atoms. The first-order valence-corrected chi connectivity index (χ1v) is 6.62. The van der Waals surface area contributed by atoms with Gasteiger partial charge in [0.05, 0.1) is 10.8 Å². The molecule has 0 aromatic carbocycles. The quantitative estimate of drug-likeness (QED) is 0.769. The Hall–Kier alpha value is -1.04. The average Bonchev–Trinajstić information content (AvgIpc) is 2.74. The van der Waals surface area contributed by atoms with E-state index in [1.165, 1.54) is 16.2 Å². The van der Waals surface area contributed by atoms with Crippen LogP contribution in [0, 0.1) is 12.8 Å². The molecule has 1 aromatic heterocycles. The maximum atomic E-state index is 12.6. The zero-order valence-corrected chi connectivity index (χ0v) is 10.8. The molecular formula is C12H14F3NOS. The summed E-state index contributed by atoms with van der Waals surface area (Å²) in [5, 5.41) is 0. The molecule has 1 aliphatic rings. The lowest BCUT2D eigenvalue weighted by molar-refractivity contribution is -0.184. The maximum Gasteiger partial charge on any atom is 0.393 e. The van der Waals surface area contributed by atoms with Crippen LogP contribution in [0.4, 0.5) is 13.2 Å². The monoisotopic (exact) mass is 277 g/mol. The van der Waals surface area contributed by atoms with E-state index in [-0.39, 0.29) is 18.9 Å². The molecule has 1 amide bonds. The lowest BCUT2D eigenvalue weighted by Gasteiger charge is -2.33. The van der Waals surface area contributed by atoms with Crippen LogP contribution in [-0.4, -0.2) is 30.1 Å². The molecule has 1 aliphatic heterocycles. The molecule has 0 aliphatic carbocycles. The molecular weight excluding hydrogens is 263 g/mol. The summed E-state index contributed by atoms with van der Waals surface area (Å²) in [4.78, 5) is 14.9. The van der Waals surface area contributed by atoms with E-state index in [9.17, 15) is 18.0 Å². The number of nitrogens with zero attached hydrogens (tertiary/aromatic N) is 1. The molecule has 100 valence electrons. The molecule has 2 rings (SSSR count). The molecule has 2 nitrogen and oxygen atoms in total. The number of piperidine rings is 1. The Morgan fingerprint density at radius 1 is 1.44 bits per heavy atom. The molecule has 0 radical (unpaired) electrons. The highest BCUT2D eigenvalue weighted by molar-refractivity contribution is 7.13. The van der Waals surface area contributed by atoms with Crippen LogP contribution >= 0.6 is 11.3 Å². The van der Waals surface area contributed by atoms with Crippen LogP contribution in [0.3, 0.4) is 0 Å². The van der Waals surface area contributed by atoms with Gasteiger partial charge < -0.3 is 4.90 Å². The van der Waals surface area contributed by atoms with Crippen LogP contribution in [0.15, 0.2) is 12.1 Å². The van der Waals surface area contributed by atoms with Crippen LogP contribution in [0.5, 0.6) is 0 Å². The van der Waals surface area contributed by atoms with Crippen molar-refractivity contribution in [3.63, 3.8) is 0 Å². The van der Waals surface area contributed by atoms with Crippen molar-refractivity contribution in [2.45, 2.75) is 25.9 Å². The van der Waals surface area contributed by atoms with E-state index in [1.807, 2.05) is 13.0 Å². The van der Waals surface area contributed by atoms with Crippen LogP contribution in [-0.2, 0) is 0 Å². The first-order valence-electron chi connectivity index (χ1n) is 5.80. The van der Waals surface area contributed by atoms with Gasteiger partial charge >= 0.3 is 6.18 Å². The number of hydrogen-bond donors (Lipinski definition) is 0. The zero-order chi connectivity index (χ0) is 13.3. The third-order valence-corrected chi connectivity index (χ3v) is 4.11. The molecule has 0 saturated carbocycles. The number of carbonyl (C=O) groups excluding carboxylic acids is 1. The molecule has 1 saturated heterocycles. The number of likely N-dealkylation sites (tertiary alicyclic amines) is 1. The SMILES string of the molecule is Cc1ccc(C(=O)N2CCC[C@H](C(F)(F)F)C2)s1. The molecule has 6 heteroatoms. The second-order valence-electron chi connectivity index (χ2n) is 4.54. The molecule has 1 atom stereocenters. The second-order valence-corrected chi connectivity index (χ2v) is 5.83. The standard InChI is InChI=1S/C12H14F3NOS/c1-8-4-5-10(18-8)11(17)16-6-2-3-9(7-16)12(13,14)15/h4-5,9H,2-3,6-7H2,1H3/t9-/m0/s1. The maximum absolute atomic E-state index is 12.6. The molecule has 2 heterocycles. The molecule has 1 aromatic rings. The van der Waals surface area contributed by atoms with Crippen molar-refractivity contribution in [3.05, 3.63) is 21.9 Å². The highest BCUT2D eigenvalue weighted by atomic mass is 32.1. The van der Waals surface area contributed by atoms with Crippen LogP contribution in [0.2, 0.25) is 0 Å². The third kappa shape index (κ3) is 2.85. The van der Waals surface area contributed by atoms with Gasteiger partial charge in [-0.05, 0) is 31.9 Å². The second kappa shape index (κ2) is 4.91. The number of amides is 1. The van der Waals surface area contributed by atoms with Crippen LogP contribution in [0.25, 0.3) is 0 Å². The minimum Gasteiger partial charge on any atom is -0.337 e. The Morgan fingerprint density at radius 2 is 2.17 bits per heavy atom. The van der Waals surface area contributed by atoms with E-state index < -0.39 is 12.1 Å². The van der Waals surface area contributed by atoms with Gasteiger partial charge in [0, 0.05) is 18.0 Å². The van der Waals surface area contributed by atoms with Gasteiger partial charge in [-0.1, -0.05) is 0 Å². The minimum absolute atomic E-state index is 0.122. The normalized spacial score (nSPS) is 21.1. The van der Waals surface area contributed by atoms with Gasteiger partial charge in [0.2, 0.25) is 0 Å². The fourth-order valence-electron chi connectivity index (χ4n) is 2.13. The van der Waals surface area contributed by atoms with Gasteiger partial charge in [-0.15, -0.1) is 11.3 Å². The number of carbonyl (C=O) groups is 1. The van der Waals surface area contributed by atoms with Gasteiger partial charge in [-0.3, -0.25) is 4.79 Å². The summed E-state index contributed by atoms with van der Waals surface area (Å²) in [6.07, 6.45) is -3.67. The van der Waals surface area contributed by atoms with E-state index in [0.29, 0.717) is 17.8 Å². The lowest BCUT2D eigenvalue weighted by atomic mass is 9.97. The molecule has 0 N–H and O–H groups in total. The molecule has 0 bridgehead atoms. The van der Waals surface area contributed by atoms with Crippen molar-refractivity contribution in [2.24, 2.45) is 5.92 Å². The van der Waals surface area contributed by atoms with E-state index in [2.05, 4.69) is 0 Å². The highest BCUT2D eigenvalue weighted by Crippen LogP contribution is 2.33. The lowest BCUT2D eigenvalue weighted by Crippen LogP contribution is -2.44. The fraction of sp³-hybridized carbons (Fsp3) is 0.583. The smallest absolute Gasteiger partial charge is 0.337 e. The van der Waals surface area contributed by atoms with E-state index in [1.54, 1.807) is 6.07 Å². The largest absolute Gasteiger partial charge is 0.393 e. The van der Waals surface area contributed by atoms with E-state index >= 15 is 0 Å². The van der Waals surface area contributed by atoms with E-state index in [0.717, 1.165) is 4.88 Å². The Morgan fingerprint density at radius 3 is 2.72 bits per heavy atom. The van der Waals surface area contributed by atoms with Crippen molar-refractivity contribution in [3.8, 4) is 0 Å². The number of rotatable bonds is 1. The molecule has 18 heavy (non-hydrogen) atoms. The van der Waals surface area contributed by atoms with Gasteiger partial charge in [0.1, 0.15) is 0 Å². The first-order chi connectivity index (χ1) is 8.38. The highest BCUT2D eigenvalue weighted by Gasteiger charge is 2.42. The van der Waals surface area contributed by atoms with Crippen molar-refractivity contribution in [1.29, 1.82) is 0 Å². The summed E-state index contributed by atoms with van der Waals surface area (Å²) in [6, 6.07) is 3.49.